The Labute approximate surface area is 106 Å². The number of aromatic amines is 1. The van der Waals surface area contributed by atoms with Crippen LogP contribution in [-0.4, -0.2) is 17.0 Å². The summed E-state index contributed by atoms with van der Waals surface area (Å²) in [5.74, 6) is 0.740. The minimum Gasteiger partial charge on any atom is -0.315 e. The molecule has 4 heteroatoms. The van der Waals surface area contributed by atoms with Gasteiger partial charge >= 0.3 is 0 Å². The Morgan fingerprint density at radius 3 is 2.67 bits per heavy atom. The summed E-state index contributed by atoms with van der Waals surface area (Å²) < 4.78 is 0. The molecule has 0 unspecified atom stereocenters. The van der Waals surface area contributed by atoms with E-state index in [0.29, 0.717) is 12.1 Å². The highest BCUT2D eigenvalue weighted by molar-refractivity contribution is 5.15. The second-order valence-corrected chi connectivity index (χ2v) is 4.20. The third-order valence-corrected chi connectivity index (χ3v) is 2.79. The fourth-order valence-corrected chi connectivity index (χ4v) is 1.81. The van der Waals surface area contributed by atoms with Crippen LogP contribution in [0.2, 0.25) is 0 Å². The highest BCUT2D eigenvalue weighted by Gasteiger charge is 2.02. The van der Waals surface area contributed by atoms with Gasteiger partial charge in [0.25, 0.3) is 5.56 Å². The number of nitrogens with one attached hydrogen (secondary N) is 2. The highest BCUT2D eigenvalue weighted by atomic mass is 16.1. The van der Waals surface area contributed by atoms with Gasteiger partial charge in [0.2, 0.25) is 0 Å². The molecule has 0 spiro atoms. The van der Waals surface area contributed by atoms with Crippen LogP contribution >= 0.6 is 0 Å². The van der Waals surface area contributed by atoms with Gasteiger partial charge in [-0.25, -0.2) is 4.98 Å². The number of aromatic nitrogens is 2. The molecule has 0 atom stereocenters. The summed E-state index contributed by atoms with van der Waals surface area (Å²) in [6, 6.07) is 10.2. The number of hydrogen-bond donors (Lipinski definition) is 2. The summed E-state index contributed by atoms with van der Waals surface area (Å²) in [7, 11) is 1.81. The van der Waals surface area contributed by atoms with Crippen molar-refractivity contribution < 1.29 is 0 Å². The van der Waals surface area contributed by atoms with E-state index in [-0.39, 0.29) is 5.56 Å². The Balaban J connectivity index is 2.02. The SMILES string of the molecule is CNCc1cnc(CCc2ccccc2)[nH]c1=O. The minimum atomic E-state index is -0.0533. The number of nitrogens with zero attached hydrogens (tertiary/aromatic N) is 1. The monoisotopic (exact) mass is 243 g/mol. The first-order chi connectivity index (χ1) is 8.79. The zero-order valence-corrected chi connectivity index (χ0v) is 10.4. The predicted molar refractivity (Wildman–Crippen MR) is 71.5 cm³/mol. The van der Waals surface area contributed by atoms with Crippen LogP contribution in [0.1, 0.15) is 17.0 Å². The second kappa shape index (κ2) is 6.12. The molecule has 0 aliphatic heterocycles. The van der Waals surface area contributed by atoms with Gasteiger partial charge in [0, 0.05) is 24.7 Å². The molecule has 2 N–H and O–H groups in total. The third kappa shape index (κ3) is 3.28. The van der Waals surface area contributed by atoms with Crippen LogP contribution in [0.3, 0.4) is 0 Å². The van der Waals surface area contributed by atoms with Crippen LogP contribution < -0.4 is 10.9 Å². The van der Waals surface area contributed by atoms with Crippen molar-refractivity contribution in [1.29, 1.82) is 0 Å². The van der Waals surface area contributed by atoms with Gasteiger partial charge in [-0.2, -0.15) is 0 Å². The van der Waals surface area contributed by atoms with E-state index in [1.807, 2.05) is 25.2 Å². The quantitative estimate of drug-likeness (QED) is 0.831. The van der Waals surface area contributed by atoms with E-state index < -0.39 is 0 Å². The van der Waals surface area contributed by atoms with Crippen LogP contribution in [0.5, 0.6) is 0 Å². The Kier molecular flexibility index (Phi) is 4.25. The first kappa shape index (κ1) is 12.5. The maximum atomic E-state index is 11.7. The van der Waals surface area contributed by atoms with E-state index in [1.165, 1.54) is 5.56 Å². The molecule has 1 aromatic carbocycles. The topological polar surface area (TPSA) is 57.8 Å². The van der Waals surface area contributed by atoms with Gasteiger partial charge in [0.1, 0.15) is 5.82 Å². The lowest BCUT2D eigenvalue weighted by Gasteiger charge is -2.03. The van der Waals surface area contributed by atoms with Crippen molar-refractivity contribution >= 4 is 0 Å². The van der Waals surface area contributed by atoms with E-state index in [1.54, 1.807) is 6.20 Å². The smallest absolute Gasteiger partial charge is 0.255 e. The minimum absolute atomic E-state index is 0.0533. The molecule has 0 fully saturated rings. The van der Waals surface area contributed by atoms with Gasteiger partial charge in [-0.3, -0.25) is 4.79 Å². The van der Waals surface area contributed by atoms with Gasteiger partial charge in [0.05, 0.1) is 0 Å². The average Bonchev–Trinajstić information content (AvgIpc) is 2.41. The Hall–Kier alpha value is -1.94. The standard InChI is InChI=1S/C14H17N3O/c1-15-9-12-10-16-13(17-14(12)18)8-7-11-5-3-2-4-6-11/h2-6,10,15H,7-9H2,1H3,(H,16,17,18). The molecule has 4 nitrogen and oxygen atoms in total. The Bertz CT molecular complexity index is 548. The second-order valence-electron chi connectivity index (χ2n) is 4.20. The average molecular weight is 243 g/mol. The fraction of sp³-hybridized carbons (Fsp3) is 0.286. The molecular formula is C14H17N3O. The van der Waals surface area contributed by atoms with Crippen LogP contribution in [0.25, 0.3) is 0 Å². The zero-order valence-electron chi connectivity index (χ0n) is 10.4. The van der Waals surface area contributed by atoms with Crippen molar-refractivity contribution in [3.8, 4) is 0 Å². The first-order valence-electron chi connectivity index (χ1n) is 6.05. The van der Waals surface area contributed by atoms with Crippen molar-refractivity contribution in [3.63, 3.8) is 0 Å². The van der Waals surface area contributed by atoms with Crippen LogP contribution in [0, 0.1) is 0 Å². The Morgan fingerprint density at radius 2 is 2.00 bits per heavy atom. The Morgan fingerprint density at radius 1 is 1.22 bits per heavy atom. The molecule has 0 amide bonds. The van der Waals surface area contributed by atoms with Gasteiger partial charge in [0.15, 0.2) is 0 Å². The summed E-state index contributed by atoms with van der Waals surface area (Å²) >= 11 is 0. The molecule has 18 heavy (non-hydrogen) atoms. The molecule has 1 aromatic heterocycles. The lowest BCUT2D eigenvalue weighted by Crippen LogP contribution is -2.20. The van der Waals surface area contributed by atoms with Crippen molar-refractivity contribution in [1.82, 2.24) is 15.3 Å². The van der Waals surface area contributed by atoms with Crippen molar-refractivity contribution in [3.05, 3.63) is 63.8 Å². The number of aryl methyl sites for hydroxylation is 2. The molecule has 1 heterocycles. The number of rotatable bonds is 5. The van der Waals surface area contributed by atoms with Gasteiger partial charge in [-0.05, 0) is 19.0 Å². The summed E-state index contributed by atoms with van der Waals surface area (Å²) in [5.41, 5.74) is 1.86. The highest BCUT2D eigenvalue weighted by Crippen LogP contribution is 2.02. The molecular weight excluding hydrogens is 226 g/mol. The van der Waals surface area contributed by atoms with E-state index in [2.05, 4.69) is 27.4 Å². The molecule has 0 saturated carbocycles. The summed E-state index contributed by atoms with van der Waals surface area (Å²) in [4.78, 5) is 18.8. The molecule has 0 aliphatic carbocycles. The van der Waals surface area contributed by atoms with E-state index >= 15 is 0 Å². The van der Waals surface area contributed by atoms with Crippen LogP contribution in [0.15, 0.2) is 41.3 Å². The summed E-state index contributed by atoms with van der Waals surface area (Å²) in [6.07, 6.45) is 3.28. The van der Waals surface area contributed by atoms with Crippen molar-refractivity contribution in [2.24, 2.45) is 0 Å². The largest absolute Gasteiger partial charge is 0.315 e. The molecule has 0 bridgehead atoms. The molecule has 2 rings (SSSR count). The summed E-state index contributed by atoms with van der Waals surface area (Å²) in [5, 5.41) is 2.94. The molecule has 0 radical (unpaired) electrons. The van der Waals surface area contributed by atoms with Crippen LogP contribution in [-0.2, 0) is 19.4 Å². The first-order valence-corrected chi connectivity index (χ1v) is 6.05. The van der Waals surface area contributed by atoms with E-state index in [4.69, 9.17) is 0 Å². The molecule has 2 aromatic rings. The van der Waals surface area contributed by atoms with E-state index in [0.717, 1.165) is 18.7 Å². The third-order valence-electron chi connectivity index (χ3n) is 2.79. The lowest BCUT2D eigenvalue weighted by atomic mass is 10.1. The summed E-state index contributed by atoms with van der Waals surface area (Å²) in [6.45, 7) is 0.543. The number of benzene rings is 1. The maximum Gasteiger partial charge on any atom is 0.255 e. The maximum absolute atomic E-state index is 11.7. The fourth-order valence-electron chi connectivity index (χ4n) is 1.81. The lowest BCUT2D eigenvalue weighted by molar-refractivity contribution is 0.774. The van der Waals surface area contributed by atoms with Crippen LogP contribution in [0.4, 0.5) is 0 Å². The molecule has 0 saturated heterocycles. The number of hydrogen-bond acceptors (Lipinski definition) is 3. The zero-order chi connectivity index (χ0) is 12.8. The van der Waals surface area contributed by atoms with Crippen molar-refractivity contribution in [2.45, 2.75) is 19.4 Å². The van der Waals surface area contributed by atoms with Crippen molar-refractivity contribution in [2.75, 3.05) is 7.05 Å². The predicted octanol–water partition coefficient (Wildman–Crippen LogP) is 1.27. The van der Waals surface area contributed by atoms with Gasteiger partial charge in [-0.1, -0.05) is 30.3 Å². The molecule has 94 valence electrons. The van der Waals surface area contributed by atoms with E-state index in [9.17, 15) is 4.79 Å². The normalized spacial score (nSPS) is 10.5. The van der Waals surface area contributed by atoms with Gasteiger partial charge < -0.3 is 10.3 Å². The number of H-pyrrole nitrogens is 1. The van der Waals surface area contributed by atoms with Gasteiger partial charge in [-0.15, -0.1) is 0 Å². The molecule has 0 aliphatic rings.